The molecule has 0 fully saturated rings. The molecule has 0 radical (unpaired) electrons. The van der Waals surface area contributed by atoms with Crippen LogP contribution in [0.15, 0.2) is 30.5 Å². The molecule has 6 heteroatoms. The van der Waals surface area contributed by atoms with Crippen LogP contribution in [0.2, 0.25) is 5.02 Å². The molecule has 0 saturated heterocycles. The summed E-state index contributed by atoms with van der Waals surface area (Å²) in [7, 11) is 1.25. The first-order valence-electron chi connectivity index (χ1n) is 4.98. The number of hydrogen-bond acceptors (Lipinski definition) is 4. The van der Waals surface area contributed by atoms with E-state index in [1.54, 1.807) is 0 Å². The van der Waals surface area contributed by atoms with Gasteiger partial charge in [-0.1, -0.05) is 11.6 Å². The van der Waals surface area contributed by atoms with Gasteiger partial charge >= 0.3 is 5.97 Å². The van der Waals surface area contributed by atoms with Crippen LogP contribution in [0.25, 0.3) is 11.4 Å². The third kappa shape index (κ3) is 2.62. The van der Waals surface area contributed by atoms with Crippen molar-refractivity contribution < 1.29 is 13.9 Å². The van der Waals surface area contributed by atoms with Crippen LogP contribution in [0.1, 0.15) is 10.5 Å². The Kier molecular flexibility index (Phi) is 3.53. The average molecular weight is 267 g/mol. The molecule has 4 nitrogen and oxygen atoms in total. The fourth-order valence-electron chi connectivity index (χ4n) is 1.40. The maximum atomic E-state index is 13.2. The van der Waals surface area contributed by atoms with Gasteiger partial charge in [0.2, 0.25) is 0 Å². The van der Waals surface area contributed by atoms with Crippen molar-refractivity contribution in [3.63, 3.8) is 0 Å². The Hall–Kier alpha value is -2.01. The molecule has 92 valence electrons. The van der Waals surface area contributed by atoms with Crippen LogP contribution in [-0.2, 0) is 4.74 Å². The third-order valence-corrected chi connectivity index (χ3v) is 2.39. The Labute approximate surface area is 107 Å². The molecule has 0 aliphatic rings. The van der Waals surface area contributed by atoms with Crippen molar-refractivity contribution in [3.8, 4) is 11.4 Å². The highest BCUT2D eigenvalue weighted by Gasteiger charge is 2.10. The highest BCUT2D eigenvalue weighted by atomic mass is 35.5. The van der Waals surface area contributed by atoms with Crippen molar-refractivity contribution >= 4 is 17.6 Å². The van der Waals surface area contributed by atoms with E-state index in [1.165, 1.54) is 37.6 Å². The SMILES string of the molecule is COC(=O)c1ccnc(-c2cc(F)cc(Cl)c2)n1. The van der Waals surface area contributed by atoms with Gasteiger partial charge in [0.25, 0.3) is 0 Å². The Morgan fingerprint density at radius 3 is 2.83 bits per heavy atom. The number of ether oxygens (including phenoxy) is 1. The van der Waals surface area contributed by atoms with E-state index < -0.39 is 11.8 Å². The summed E-state index contributed by atoms with van der Waals surface area (Å²) in [6, 6.07) is 5.34. The number of benzene rings is 1. The van der Waals surface area contributed by atoms with E-state index in [0.717, 1.165) is 0 Å². The van der Waals surface area contributed by atoms with Crippen molar-refractivity contribution in [3.05, 3.63) is 47.0 Å². The largest absolute Gasteiger partial charge is 0.464 e. The van der Waals surface area contributed by atoms with Crippen LogP contribution in [0.4, 0.5) is 4.39 Å². The highest BCUT2D eigenvalue weighted by Crippen LogP contribution is 2.21. The first-order valence-corrected chi connectivity index (χ1v) is 5.36. The summed E-state index contributed by atoms with van der Waals surface area (Å²) in [4.78, 5) is 19.3. The molecule has 0 bridgehead atoms. The molecule has 0 aliphatic heterocycles. The Morgan fingerprint density at radius 2 is 2.17 bits per heavy atom. The van der Waals surface area contributed by atoms with E-state index in [0.29, 0.717) is 5.56 Å². The summed E-state index contributed by atoms with van der Waals surface area (Å²) < 4.78 is 17.8. The summed E-state index contributed by atoms with van der Waals surface area (Å²) in [5.41, 5.74) is 0.494. The summed E-state index contributed by atoms with van der Waals surface area (Å²) in [5, 5.41) is 0.233. The van der Waals surface area contributed by atoms with Crippen molar-refractivity contribution in [2.75, 3.05) is 7.11 Å². The van der Waals surface area contributed by atoms with Crippen LogP contribution in [0, 0.1) is 5.82 Å². The zero-order valence-electron chi connectivity index (χ0n) is 9.35. The molecule has 1 aromatic heterocycles. The van der Waals surface area contributed by atoms with Crippen molar-refractivity contribution in [2.24, 2.45) is 0 Å². The number of methoxy groups -OCH3 is 1. The lowest BCUT2D eigenvalue weighted by molar-refractivity contribution is 0.0594. The second-order valence-electron chi connectivity index (χ2n) is 3.42. The number of aromatic nitrogens is 2. The maximum Gasteiger partial charge on any atom is 0.356 e. The second-order valence-corrected chi connectivity index (χ2v) is 3.85. The van der Waals surface area contributed by atoms with Gasteiger partial charge in [-0.15, -0.1) is 0 Å². The zero-order chi connectivity index (χ0) is 13.1. The van der Waals surface area contributed by atoms with Gasteiger partial charge in [0, 0.05) is 16.8 Å². The quantitative estimate of drug-likeness (QED) is 0.784. The number of nitrogens with zero attached hydrogens (tertiary/aromatic N) is 2. The normalized spacial score (nSPS) is 10.2. The molecule has 1 aromatic carbocycles. The van der Waals surface area contributed by atoms with E-state index in [1.807, 2.05) is 0 Å². The van der Waals surface area contributed by atoms with E-state index in [4.69, 9.17) is 11.6 Å². The molecule has 0 N–H and O–H groups in total. The molecule has 0 aliphatic carbocycles. The van der Waals surface area contributed by atoms with Crippen LogP contribution in [0.3, 0.4) is 0 Å². The van der Waals surface area contributed by atoms with Gasteiger partial charge < -0.3 is 4.74 Å². The summed E-state index contributed by atoms with van der Waals surface area (Å²) in [6.07, 6.45) is 1.40. The van der Waals surface area contributed by atoms with Crippen molar-refractivity contribution in [1.82, 2.24) is 9.97 Å². The van der Waals surface area contributed by atoms with E-state index in [9.17, 15) is 9.18 Å². The van der Waals surface area contributed by atoms with E-state index in [2.05, 4.69) is 14.7 Å². The minimum absolute atomic E-state index is 0.0999. The Morgan fingerprint density at radius 1 is 1.39 bits per heavy atom. The molecule has 18 heavy (non-hydrogen) atoms. The molecule has 0 spiro atoms. The van der Waals surface area contributed by atoms with Crippen molar-refractivity contribution in [1.29, 1.82) is 0 Å². The van der Waals surface area contributed by atoms with Gasteiger partial charge in [0.15, 0.2) is 11.5 Å². The smallest absolute Gasteiger partial charge is 0.356 e. The monoisotopic (exact) mass is 266 g/mol. The van der Waals surface area contributed by atoms with Gasteiger partial charge in [-0.25, -0.2) is 19.2 Å². The number of rotatable bonds is 2. The summed E-state index contributed by atoms with van der Waals surface area (Å²) >= 11 is 5.74. The second kappa shape index (κ2) is 5.10. The lowest BCUT2D eigenvalue weighted by atomic mass is 10.2. The predicted molar refractivity (Wildman–Crippen MR) is 63.8 cm³/mol. The third-order valence-electron chi connectivity index (χ3n) is 2.17. The summed E-state index contributed by atoms with van der Waals surface area (Å²) in [6.45, 7) is 0. The number of esters is 1. The number of carbonyl (C=O) groups is 1. The lowest BCUT2D eigenvalue weighted by Gasteiger charge is -2.03. The molecule has 0 amide bonds. The molecule has 0 unspecified atom stereocenters. The molecule has 2 rings (SSSR count). The van der Waals surface area contributed by atoms with Crippen molar-refractivity contribution in [2.45, 2.75) is 0 Å². The first-order chi connectivity index (χ1) is 8.60. The van der Waals surface area contributed by atoms with Gasteiger partial charge in [-0.3, -0.25) is 0 Å². The molecular weight excluding hydrogens is 259 g/mol. The van der Waals surface area contributed by atoms with E-state index in [-0.39, 0.29) is 16.5 Å². The lowest BCUT2D eigenvalue weighted by Crippen LogP contribution is -2.05. The van der Waals surface area contributed by atoms with Crippen LogP contribution < -0.4 is 0 Å². The highest BCUT2D eigenvalue weighted by molar-refractivity contribution is 6.30. The number of carbonyl (C=O) groups excluding carboxylic acids is 1. The zero-order valence-corrected chi connectivity index (χ0v) is 10.1. The molecule has 2 aromatic rings. The number of halogens is 2. The van der Waals surface area contributed by atoms with Crippen LogP contribution in [0.5, 0.6) is 0 Å². The van der Waals surface area contributed by atoms with Crippen LogP contribution >= 0.6 is 11.6 Å². The van der Waals surface area contributed by atoms with E-state index >= 15 is 0 Å². The standard InChI is InChI=1S/C12H8ClFN2O2/c1-18-12(17)10-2-3-15-11(16-10)7-4-8(13)6-9(14)5-7/h2-6H,1H3. The number of hydrogen-bond donors (Lipinski definition) is 0. The first kappa shape index (κ1) is 12.4. The van der Waals surface area contributed by atoms with Crippen LogP contribution in [-0.4, -0.2) is 23.0 Å². The fraction of sp³-hybridized carbons (Fsp3) is 0.0833. The van der Waals surface area contributed by atoms with Gasteiger partial charge in [-0.05, 0) is 24.3 Å². The molecule has 0 atom stereocenters. The Bertz CT molecular complexity index is 584. The Balaban J connectivity index is 2.47. The van der Waals surface area contributed by atoms with Gasteiger partial charge in [0.05, 0.1) is 7.11 Å². The van der Waals surface area contributed by atoms with Gasteiger partial charge in [-0.2, -0.15) is 0 Å². The fourth-order valence-corrected chi connectivity index (χ4v) is 1.62. The van der Waals surface area contributed by atoms with Gasteiger partial charge in [0.1, 0.15) is 5.82 Å². The average Bonchev–Trinajstić information content (AvgIpc) is 2.37. The minimum atomic E-state index is -0.582. The molecule has 1 heterocycles. The maximum absolute atomic E-state index is 13.2. The molecular formula is C12H8ClFN2O2. The molecule has 0 saturated carbocycles. The predicted octanol–water partition coefficient (Wildman–Crippen LogP) is 2.72. The summed E-state index contributed by atoms with van der Waals surface area (Å²) in [5.74, 6) is -0.870. The topological polar surface area (TPSA) is 52.1 Å². The minimum Gasteiger partial charge on any atom is -0.464 e.